The van der Waals surface area contributed by atoms with Gasteiger partial charge in [0.25, 0.3) is 5.91 Å². The molecule has 0 saturated carbocycles. The van der Waals surface area contributed by atoms with Crippen LogP contribution in [0.1, 0.15) is 21.6 Å². The van der Waals surface area contributed by atoms with Gasteiger partial charge in [0.2, 0.25) is 10.0 Å². The number of carbonyl (C=O) groups is 1. The Balaban J connectivity index is 2.21. The van der Waals surface area contributed by atoms with Crippen LogP contribution in [0.2, 0.25) is 0 Å². The number of para-hydroxylation sites is 2. The van der Waals surface area contributed by atoms with Crippen molar-refractivity contribution in [3.63, 3.8) is 0 Å². The minimum Gasteiger partial charge on any atom is -0.319 e. The van der Waals surface area contributed by atoms with E-state index in [-0.39, 0.29) is 5.91 Å². The molecule has 2 rings (SSSR count). The lowest BCUT2D eigenvalue weighted by Crippen LogP contribution is -2.15. The minimum atomic E-state index is -3.41. The molecule has 1 aromatic carbocycles. The second kappa shape index (κ2) is 6.23. The van der Waals surface area contributed by atoms with E-state index in [2.05, 4.69) is 15.0 Å². The van der Waals surface area contributed by atoms with Crippen molar-refractivity contribution in [2.24, 2.45) is 0 Å². The summed E-state index contributed by atoms with van der Waals surface area (Å²) >= 11 is 1.32. The van der Waals surface area contributed by atoms with E-state index in [1.54, 1.807) is 24.3 Å². The van der Waals surface area contributed by atoms with Crippen LogP contribution in [0.25, 0.3) is 0 Å². The van der Waals surface area contributed by atoms with Crippen LogP contribution in [0.3, 0.4) is 0 Å². The second-order valence-electron chi connectivity index (χ2n) is 4.35. The third-order valence-corrected chi connectivity index (χ3v) is 4.28. The van der Waals surface area contributed by atoms with Crippen molar-refractivity contribution in [1.29, 1.82) is 0 Å². The topological polar surface area (TPSA) is 88.2 Å². The van der Waals surface area contributed by atoms with Gasteiger partial charge in [0.1, 0.15) is 4.88 Å². The van der Waals surface area contributed by atoms with Crippen LogP contribution in [-0.4, -0.2) is 25.6 Å². The number of nitrogens with zero attached hydrogens (tertiary/aromatic N) is 1. The second-order valence-corrected chi connectivity index (χ2v) is 7.21. The number of rotatable bonds is 5. The average Bonchev–Trinajstić information content (AvgIpc) is 2.88. The fourth-order valence-electron chi connectivity index (χ4n) is 1.64. The molecule has 0 bridgehead atoms. The van der Waals surface area contributed by atoms with E-state index < -0.39 is 10.0 Å². The molecule has 21 heavy (non-hydrogen) atoms. The molecule has 112 valence electrons. The monoisotopic (exact) mass is 325 g/mol. The number of hydrogen-bond acceptors (Lipinski definition) is 5. The Bertz CT molecular complexity index is 754. The zero-order chi connectivity index (χ0) is 15.5. The van der Waals surface area contributed by atoms with E-state index in [1.807, 2.05) is 6.92 Å². The van der Waals surface area contributed by atoms with Gasteiger partial charge in [-0.2, -0.15) is 0 Å². The first kappa shape index (κ1) is 15.5. The standard InChI is InChI=1S/C13H15N3O3S2/c1-3-12-14-8-11(20-12)13(17)15-9-6-4-5-7-10(9)16-21(2,18)19/h4-8,16H,3H2,1-2H3,(H,15,17). The quantitative estimate of drug-likeness (QED) is 0.883. The van der Waals surface area contributed by atoms with Gasteiger partial charge >= 0.3 is 0 Å². The molecule has 0 aliphatic heterocycles. The van der Waals surface area contributed by atoms with E-state index in [9.17, 15) is 13.2 Å². The lowest BCUT2D eigenvalue weighted by molar-refractivity contribution is 0.103. The lowest BCUT2D eigenvalue weighted by atomic mass is 10.2. The molecule has 0 aliphatic rings. The highest BCUT2D eigenvalue weighted by Gasteiger charge is 2.13. The molecule has 0 atom stereocenters. The van der Waals surface area contributed by atoms with Crippen LogP contribution in [0.5, 0.6) is 0 Å². The predicted octanol–water partition coefficient (Wildman–Crippen LogP) is 2.33. The average molecular weight is 325 g/mol. The largest absolute Gasteiger partial charge is 0.319 e. The molecule has 2 aromatic rings. The summed E-state index contributed by atoms with van der Waals surface area (Å²) in [7, 11) is -3.41. The highest BCUT2D eigenvalue weighted by molar-refractivity contribution is 7.92. The maximum Gasteiger partial charge on any atom is 0.267 e. The van der Waals surface area contributed by atoms with Crippen molar-refractivity contribution >= 4 is 38.6 Å². The van der Waals surface area contributed by atoms with Gasteiger partial charge in [-0.15, -0.1) is 11.3 Å². The maximum atomic E-state index is 12.1. The van der Waals surface area contributed by atoms with Crippen LogP contribution < -0.4 is 10.0 Å². The summed E-state index contributed by atoms with van der Waals surface area (Å²) in [6.07, 6.45) is 3.35. The number of nitrogens with one attached hydrogen (secondary N) is 2. The zero-order valence-corrected chi connectivity index (χ0v) is 13.2. The van der Waals surface area contributed by atoms with E-state index in [0.717, 1.165) is 17.7 Å². The molecule has 0 unspecified atom stereocenters. The number of benzene rings is 1. The van der Waals surface area contributed by atoms with E-state index in [4.69, 9.17) is 0 Å². The first-order valence-electron chi connectivity index (χ1n) is 6.22. The number of anilines is 2. The van der Waals surface area contributed by atoms with Gasteiger partial charge in [0, 0.05) is 0 Å². The first-order chi connectivity index (χ1) is 9.89. The predicted molar refractivity (Wildman–Crippen MR) is 84.4 cm³/mol. The smallest absolute Gasteiger partial charge is 0.267 e. The third kappa shape index (κ3) is 4.27. The molecule has 2 N–H and O–H groups in total. The molecule has 0 spiro atoms. The molecular weight excluding hydrogens is 310 g/mol. The lowest BCUT2D eigenvalue weighted by Gasteiger charge is -2.11. The SMILES string of the molecule is CCc1ncc(C(=O)Nc2ccccc2NS(C)(=O)=O)s1. The van der Waals surface area contributed by atoms with Gasteiger partial charge in [-0.3, -0.25) is 9.52 Å². The van der Waals surface area contributed by atoms with Crippen molar-refractivity contribution in [3.05, 3.63) is 40.3 Å². The molecule has 0 radical (unpaired) electrons. The Kier molecular flexibility index (Phi) is 4.59. The van der Waals surface area contributed by atoms with Gasteiger partial charge in [0.05, 0.1) is 28.8 Å². The van der Waals surface area contributed by atoms with Crippen molar-refractivity contribution in [2.75, 3.05) is 16.3 Å². The number of aromatic nitrogens is 1. The van der Waals surface area contributed by atoms with Gasteiger partial charge in [-0.1, -0.05) is 19.1 Å². The third-order valence-electron chi connectivity index (χ3n) is 2.55. The van der Waals surface area contributed by atoms with Crippen molar-refractivity contribution in [2.45, 2.75) is 13.3 Å². The Morgan fingerprint density at radius 3 is 2.52 bits per heavy atom. The molecule has 1 heterocycles. The molecule has 1 amide bonds. The number of carbonyl (C=O) groups excluding carboxylic acids is 1. The van der Waals surface area contributed by atoms with Crippen LogP contribution in [0, 0.1) is 0 Å². The molecule has 6 nitrogen and oxygen atoms in total. The van der Waals surface area contributed by atoms with Gasteiger partial charge < -0.3 is 5.32 Å². The molecular formula is C13H15N3O3S2. The van der Waals surface area contributed by atoms with E-state index >= 15 is 0 Å². The van der Waals surface area contributed by atoms with Gasteiger partial charge in [-0.25, -0.2) is 13.4 Å². The molecule has 0 fully saturated rings. The highest BCUT2D eigenvalue weighted by Crippen LogP contribution is 2.23. The van der Waals surface area contributed by atoms with Gasteiger partial charge in [-0.05, 0) is 18.6 Å². The fraction of sp³-hybridized carbons (Fsp3) is 0.231. The summed E-state index contributed by atoms with van der Waals surface area (Å²) < 4.78 is 25.0. The molecule has 0 aliphatic carbocycles. The van der Waals surface area contributed by atoms with Gasteiger partial charge in [0.15, 0.2) is 0 Å². The van der Waals surface area contributed by atoms with Crippen LogP contribution in [0.4, 0.5) is 11.4 Å². The van der Waals surface area contributed by atoms with Crippen LogP contribution >= 0.6 is 11.3 Å². The number of aryl methyl sites for hydroxylation is 1. The zero-order valence-electron chi connectivity index (χ0n) is 11.6. The number of amides is 1. The Morgan fingerprint density at radius 2 is 1.95 bits per heavy atom. The summed E-state index contributed by atoms with van der Waals surface area (Å²) in [6, 6.07) is 6.62. The summed E-state index contributed by atoms with van der Waals surface area (Å²) in [6.45, 7) is 1.96. The number of hydrogen-bond donors (Lipinski definition) is 2. The summed E-state index contributed by atoms with van der Waals surface area (Å²) in [5.41, 5.74) is 0.730. The van der Waals surface area contributed by atoms with E-state index in [0.29, 0.717) is 16.3 Å². The Labute approximate surface area is 127 Å². The summed E-state index contributed by atoms with van der Waals surface area (Å²) in [5, 5.41) is 3.57. The molecule has 0 saturated heterocycles. The van der Waals surface area contributed by atoms with E-state index in [1.165, 1.54) is 17.5 Å². The summed E-state index contributed by atoms with van der Waals surface area (Å²) in [4.78, 5) is 16.8. The van der Waals surface area contributed by atoms with Crippen LogP contribution in [-0.2, 0) is 16.4 Å². The maximum absolute atomic E-state index is 12.1. The van der Waals surface area contributed by atoms with Crippen LogP contribution in [0.15, 0.2) is 30.5 Å². The Morgan fingerprint density at radius 1 is 1.29 bits per heavy atom. The molecule has 8 heteroatoms. The summed E-state index contributed by atoms with van der Waals surface area (Å²) in [5.74, 6) is -0.310. The fourth-order valence-corrected chi connectivity index (χ4v) is 2.97. The first-order valence-corrected chi connectivity index (χ1v) is 8.92. The minimum absolute atomic E-state index is 0.310. The number of sulfonamides is 1. The Hall–Kier alpha value is -1.93. The number of thiazole rings is 1. The highest BCUT2D eigenvalue weighted by atomic mass is 32.2. The normalized spacial score (nSPS) is 11.1. The molecule has 1 aromatic heterocycles. The van der Waals surface area contributed by atoms with Crippen molar-refractivity contribution < 1.29 is 13.2 Å². The van der Waals surface area contributed by atoms with Crippen molar-refractivity contribution in [1.82, 2.24) is 4.98 Å². The van der Waals surface area contributed by atoms with Crippen molar-refractivity contribution in [3.8, 4) is 0 Å².